The number of hydrogen-bond donors (Lipinski definition) is 1. The number of benzene rings is 1. The van der Waals surface area contributed by atoms with E-state index in [1.165, 1.54) is 18.4 Å². The van der Waals surface area contributed by atoms with Crippen LogP contribution < -0.4 is 15.8 Å². The van der Waals surface area contributed by atoms with Crippen LogP contribution in [0.5, 0.6) is 0 Å². The van der Waals surface area contributed by atoms with E-state index < -0.39 is 0 Å². The fraction of sp³-hybridized carbons (Fsp3) is 0.500. The summed E-state index contributed by atoms with van der Waals surface area (Å²) in [7, 11) is 1.78. The van der Waals surface area contributed by atoms with Gasteiger partial charge in [-0.25, -0.2) is 4.98 Å². The quantitative estimate of drug-likeness (QED) is 0.896. The summed E-state index contributed by atoms with van der Waals surface area (Å²) in [6, 6.07) is 9.22. The van der Waals surface area contributed by atoms with Crippen LogP contribution >= 0.6 is 11.6 Å². The van der Waals surface area contributed by atoms with E-state index in [0.717, 1.165) is 31.0 Å². The highest BCUT2D eigenvalue weighted by molar-refractivity contribution is 6.30. The zero-order valence-corrected chi connectivity index (χ0v) is 15.8. The summed E-state index contributed by atoms with van der Waals surface area (Å²) >= 11 is 5.97. The fourth-order valence-corrected chi connectivity index (χ4v) is 4.23. The lowest BCUT2D eigenvalue weighted by Crippen LogP contribution is -2.53. The van der Waals surface area contributed by atoms with Gasteiger partial charge in [0.1, 0.15) is 0 Å². The standard InChI is InChI=1S/C20H25ClN4O/c1-24-10-8-22-19(20(24)26)25-9-2-3-17(13-25)23-18-11-15(12-18)14-4-6-16(21)7-5-14/h4-8,10,15,17-18,23H,2-3,9,11-13H2,1H3/t15?,17-,18?/m0/s1. The summed E-state index contributed by atoms with van der Waals surface area (Å²) in [6.07, 6.45) is 8.00. The lowest BCUT2D eigenvalue weighted by atomic mass is 9.75. The fourth-order valence-electron chi connectivity index (χ4n) is 4.10. The van der Waals surface area contributed by atoms with Crippen LogP contribution in [-0.2, 0) is 7.05 Å². The van der Waals surface area contributed by atoms with Crippen molar-refractivity contribution >= 4 is 17.4 Å². The molecule has 1 saturated carbocycles. The van der Waals surface area contributed by atoms with Crippen LogP contribution in [0.2, 0.25) is 5.02 Å². The predicted octanol–water partition coefficient (Wildman–Crippen LogP) is 2.94. The predicted molar refractivity (Wildman–Crippen MR) is 105 cm³/mol. The molecule has 26 heavy (non-hydrogen) atoms. The Labute approximate surface area is 159 Å². The number of anilines is 1. The largest absolute Gasteiger partial charge is 0.350 e. The minimum atomic E-state index is -0.0143. The smallest absolute Gasteiger partial charge is 0.293 e. The van der Waals surface area contributed by atoms with Crippen LogP contribution in [0.25, 0.3) is 0 Å². The number of nitrogens with one attached hydrogen (secondary N) is 1. The first-order valence-corrected chi connectivity index (χ1v) is 9.76. The Hall–Kier alpha value is -1.85. The molecule has 1 N–H and O–H groups in total. The van der Waals surface area contributed by atoms with Gasteiger partial charge in [0.15, 0.2) is 5.82 Å². The molecule has 2 aliphatic rings. The molecule has 138 valence electrons. The number of halogens is 1. The van der Waals surface area contributed by atoms with E-state index in [2.05, 4.69) is 27.3 Å². The number of hydrogen-bond acceptors (Lipinski definition) is 4. The highest BCUT2D eigenvalue weighted by Gasteiger charge is 2.33. The zero-order valence-electron chi connectivity index (χ0n) is 15.1. The monoisotopic (exact) mass is 372 g/mol. The maximum atomic E-state index is 12.3. The third-order valence-electron chi connectivity index (χ3n) is 5.67. The highest BCUT2D eigenvalue weighted by atomic mass is 35.5. The number of nitrogens with zero attached hydrogens (tertiary/aromatic N) is 3. The summed E-state index contributed by atoms with van der Waals surface area (Å²) in [5.74, 6) is 1.21. The second-order valence-corrected chi connectivity index (χ2v) is 7.97. The van der Waals surface area contributed by atoms with Crippen molar-refractivity contribution in [3.05, 3.63) is 57.6 Å². The Morgan fingerprint density at radius 2 is 1.96 bits per heavy atom. The number of aryl methyl sites for hydroxylation is 1. The third-order valence-corrected chi connectivity index (χ3v) is 5.92. The summed E-state index contributed by atoms with van der Waals surface area (Å²) in [4.78, 5) is 18.8. The summed E-state index contributed by atoms with van der Waals surface area (Å²) < 4.78 is 1.60. The Morgan fingerprint density at radius 1 is 1.19 bits per heavy atom. The normalized spacial score (nSPS) is 25.8. The minimum Gasteiger partial charge on any atom is -0.350 e. The Morgan fingerprint density at radius 3 is 2.73 bits per heavy atom. The molecule has 6 heteroatoms. The van der Waals surface area contributed by atoms with Crippen LogP contribution in [0.4, 0.5) is 5.82 Å². The van der Waals surface area contributed by atoms with Crippen LogP contribution in [0, 0.1) is 0 Å². The maximum absolute atomic E-state index is 12.3. The van der Waals surface area contributed by atoms with Crippen molar-refractivity contribution in [1.82, 2.24) is 14.9 Å². The number of rotatable bonds is 4. The average Bonchev–Trinajstić information content (AvgIpc) is 2.61. The Kier molecular flexibility index (Phi) is 5.00. The van der Waals surface area contributed by atoms with Crippen molar-refractivity contribution in [1.29, 1.82) is 0 Å². The van der Waals surface area contributed by atoms with Gasteiger partial charge in [-0.15, -0.1) is 0 Å². The van der Waals surface area contributed by atoms with E-state index in [0.29, 0.717) is 23.8 Å². The molecule has 0 bridgehead atoms. The molecule has 5 nitrogen and oxygen atoms in total. The lowest BCUT2D eigenvalue weighted by molar-refractivity contribution is 0.251. The van der Waals surface area contributed by atoms with E-state index in [9.17, 15) is 4.79 Å². The number of piperidine rings is 1. The van der Waals surface area contributed by atoms with E-state index in [1.807, 2.05) is 12.1 Å². The van der Waals surface area contributed by atoms with E-state index in [4.69, 9.17) is 11.6 Å². The first-order valence-electron chi connectivity index (χ1n) is 9.38. The molecule has 1 aromatic heterocycles. The Balaban J connectivity index is 1.33. The summed E-state index contributed by atoms with van der Waals surface area (Å²) in [5, 5.41) is 4.59. The maximum Gasteiger partial charge on any atom is 0.293 e. The third kappa shape index (κ3) is 3.64. The Bertz CT molecular complexity index is 813. The second-order valence-electron chi connectivity index (χ2n) is 7.54. The van der Waals surface area contributed by atoms with Crippen molar-refractivity contribution in [2.75, 3.05) is 18.0 Å². The van der Waals surface area contributed by atoms with E-state index >= 15 is 0 Å². The SMILES string of the molecule is Cn1ccnc(N2CCC[C@H](NC3CC(c4ccc(Cl)cc4)C3)C2)c1=O. The van der Waals surface area contributed by atoms with Crippen molar-refractivity contribution in [3.63, 3.8) is 0 Å². The zero-order chi connectivity index (χ0) is 18.1. The summed E-state index contributed by atoms with van der Waals surface area (Å²) in [5.41, 5.74) is 1.37. The molecule has 4 rings (SSSR count). The van der Waals surface area contributed by atoms with Crippen LogP contribution in [0.15, 0.2) is 41.5 Å². The van der Waals surface area contributed by atoms with Gasteiger partial charge < -0.3 is 14.8 Å². The molecule has 2 fully saturated rings. The molecule has 2 heterocycles. The molecule has 1 saturated heterocycles. The molecule has 0 spiro atoms. The van der Waals surface area contributed by atoms with Gasteiger partial charge in [-0.3, -0.25) is 4.79 Å². The van der Waals surface area contributed by atoms with Gasteiger partial charge >= 0.3 is 0 Å². The second kappa shape index (κ2) is 7.41. The lowest BCUT2D eigenvalue weighted by Gasteiger charge is -2.41. The van der Waals surface area contributed by atoms with Gasteiger partial charge in [-0.1, -0.05) is 23.7 Å². The molecule has 2 aromatic rings. The first kappa shape index (κ1) is 17.6. The molecule has 1 aromatic carbocycles. The van der Waals surface area contributed by atoms with Gasteiger partial charge in [0.05, 0.1) is 0 Å². The molecular weight excluding hydrogens is 348 g/mol. The molecular formula is C20H25ClN4O. The van der Waals surface area contributed by atoms with Crippen molar-refractivity contribution in [3.8, 4) is 0 Å². The summed E-state index contributed by atoms with van der Waals surface area (Å²) in [6.45, 7) is 1.76. The van der Waals surface area contributed by atoms with Crippen molar-refractivity contribution in [2.24, 2.45) is 7.05 Å². The number of aromatic nitrogens is 2. The minimum absolute atomic E-state index is 0.0143. The molecule has 0 unspecified atom stereocenters. The average molecular weight is 373 g/mol. The van der Waals surface area contributed by atoms with Gasteiger partial charge in [0, 0.05) is 49.6 Å². The van der Waals surface area contributed by atoms with Crippen molar-refractivity contribution in [2.45, 2.75) is 43.7 Å². The molecule has 1 aliphatic carbocycles. The van der Waals surface area contributed by atoms with Crippen LogP contribution in [0.3, 0.4) is 0 Å². The molecule has 0 amide bonds. The van der Waals surface area contributed by atoms with Crippen LogP contribution in [0.1, 0.15) is 37.2 Å². The van der Waals surface area contributed by atoms with Gasteiger partial charge in [-0.2, -0.15) is 0 Å². The van der Waals surface area contributed by atoms with Gasteiger partial charge in [-0.05, 0) is 49.3 Å². The molecule has 1 atom stereocenters. The van der Waals surface area contributed by atoms with Crippen molar-refractivity contribution < 1.29 is 0 Å². The topological polar surface area (TPSA) is 50.2 Å². The first-order chi connectivity index (χ1) is 12.6. The van der Waals surface area contributed by atoms with E-state index in [1.54, 1.807) is 24.0 Å². The van der Waals surface area contributed by atoms with Gasteiger partial charge in [0.2, 0.25) is 0 Å². The van der Waals surface area contributed by atoms with E-state index in [-0.39, 0.29) is 5.56 Å². The molecule has 1 aliphatic heterocycles. The van der Waals surface area contributed by atoms with Crippen LogP contribution in [-0.4, -0.2) is 34.7 Å². The molecule has 0 radical (unpaired) electrons. The van der Waals surface area contributed by atoms with Gasteiger partial charge in [0.25, 0.3) is 5.56 Å². The highest BCUT2D eigenvalue weighted by Crippen LogP contribution is 2.37.